The van der Waals surface area contributed by atoms with Gasteiger partial charge < -0.3 is 16.0 Å². The van der Waals surface area contributed by atoms with Crippen LogP contribution in [0.5, 0.6) is 0 Å². The van der Waals surface area contributed by atoms with Crippen molar-refractivity contribution in [2.75, 3.05) is 18.4 Å². The molecule has 2 amide bonds. The van der Waals surface area contributed by atoms with Crippen molar-refractivity contribution in [2.45, 2.75) is 12.5 Å². The van der Waals surface area contributed by atoms with Gasteiger partial charge in [0.25, 0.3) is 0 Å². The molecule has 1 heterocycles. The average molecular weight is 269 g/mol. The molecule has 1 aromatic carbocycles. The van der Waals surface area contributed by atoms with Crippen LogP contribution in [0.1, 0.15) is 6.42 Å². The second-order valence-corrected chi connectivity index (χ2v) is 4.18. The average Bonchev–Trinajstić information content (AvgIpc) is 2.37. The highest BCUT2D eigenvalue weighted by atomic mass is 19.2. The van der Waals surface area contributed by atoms with Gasteiger partial charge in [0.05, 0.1) is 12.5 Å². The molecule has 0 unspecified atom stereocenters. The monoisotopic (exact) mass is 269 g/mol. The minimum absolute atomic E-state index is 0.0647. The predicted octanol–water partition coefficient (Wildman–Crippen LogP) is 0.381. The van der Waals surface area contributed by atoms with E-state index in [1.54, 1.807) is 0 Å². The van der Waals surface area contributed by atoms with E-state index >= 15 is 0 Å². The second kappa shape index (κ2) is 5.75. The largest absolute Gasteiger partial charge is 0.353 e. The molecular formula is C12H13F2N3O2. The lowest BCUT2D eigenvalue weighted by molar-refractivity contribution is -0.127. The molecule has 1 aliphatic heterocycles. The number of hydrogen-bond donors (Lipinski definition) is 3. The molecule has 7 heteroatoms. The lowest BCUT2D eigenvalue weighted by atomic mass is 10.1. The molecule has 1 saturated heterocycles. The third-order valence-corrected chi connectivity index (χ3v) is 2.72. The normalized spacial score (nSPS) is 18.8. The minimum atomic E-state index is -1.04. The molecule has 0 aliphatic carbocycles. The van der Waals surface area contributed by atoms with Crippen LogP contribution in [0.25, 0.3) is 0 Å². The summed E-state index contributed by atoms with van der Waals surface area (Å²) in [5.41, 5.74) is 0.153. The number of carbonyl (C=O) groups excluding carboxylic acids is 2. The van der Waals surface area contributed by atoms with Gasteiger partial charge in [-0.15, -0.1) is 0 Å². The van der Waals surface area contributed by atoms with Crippen molar-refractivity contribution in [1.29, 1.82) is 0 Å². The van der Waals surface area contributed by atoms with Crippen LogP contribution in [0.3, 0.4) is 0 Å². The van der Waals surface area contributed by atoms with Crippen molar-refractivity contribution < 1.29 is 18.4 Å². The van der Waals surface area contributed by atoms with E-state index in [0.717, 1.165) is 12.1 Å². The quantitative estimate of drug-likeness (QED) is 0.743. The van der Waals surface area contributed by atoms with Crippen LogP contribution in [0.2, 0.25) is 0 Å². The summed E-state index contributed by atoms with van der Waals surface area (Å²) in [5, 5.41) is 7.94. The van der Waals surface area contributed by atoms with E-state index < -0.39 is 23.6 Å². The van der Waals surface area contributed by atoms with Gasteiger partial charge >= 0.3 is 0 Å². The molecule has 102 valence electrons. The number of piperazine rings is 1. The zero-order valence-electron chi connectivity index (χ0n) is 10.0. The number of benzene rings is 1. The lowest BCUT2D eigenvalue weighted by Gasteiger charge is -2.22. The van der Waals surface area contributed by atoms with Crippen LogP contribution < -0.4 is 16.0 Å². The Morgan fingerprint density at radius 1 is 1.32 bits per heavy atom. The Bertz CT molecular complexity index is 508. The summed E-state index contributed by atoms with van der Waals surface area (Å²) in [5.74, 6) is -2.70. The number of carbonyl (C=O) groups is 2. The van der Waals surface area contributed by atoms with Crippen LogP contribution in [0.4, 0.5) is 14.5 Å². The van der Waals surface area contributed by atoms with Gasteiger partial charge in [0.1, 0.15) is 0 Å². The van der Waals surface area contributed by atoms with Crippen molar-refractivity contribution in [3.8, 4) is 0 Å². The maximum atomic E-state index is 12.9. The Balaban J connectivity index is 1.93. The number of anilines is 1. The topological polar surface area (TPSA) is 70.2 Å². The molecular weight excluding hydrogens is 256 g/mol. The van der Waals surface area contributed by atoms with E-state index in [4.69, 9.17) is 0 Å². The molecule has 1 fully saturated rings. The molecule has 2 rings (SSSR count). The standard InChI is InChI=1S/C12H13F2N3O2/c13-8-2-1-7(5-9(8)14)17-11(18)6-10-12(19)16-4-3-15-10/h1-2,5,10,15H,3-4,6H2,(H,16,19)(H,17,18)/t10-/m1/s1. The number of nitrogens with one attached hydrogen (secondary N) is 3. The van der Waals surface area contributed by atoms with Crippen LogP contribution >= 0.6 is 0 Å². The van der Waals surface area contributed by atoms with Gasteiger partial charge in [-0.25, -0.2) is 8.78 Å². The van der Waals surface area contributed by atoms with Crippen LogP contribution in [-0.2, 0) is 9.59 Å². The molecule has 0 bridgehead atoms. The van der Waals surface area contributed by atoms with E-state index in [9.17, 15) is 18.4 Å². The van der Waals surface area contributed by atoms with Gasteiger partial charge in [0.15, 0.2) is 11.6 Å². The molecule has 0 spiro atoms. The summed E-state index contributed by atoms with van der Waals surface area (Å²) in [6, 6.07) is 2.47. The lowest BCUT2D eigenvalue weighted by Crippen LogP contribution is -2.53. The zero-order chi connectivity index (χ0) is 13.8. The third-order valence-electron chi connectivity index (χ3n) is 2.72. The van der Waals surface area contributed by atoms with Crippen molar-refractivity contribution in [2.24, 2.45) is 0 Å². The van der Waals surface area contributed by atoms with Crippen molar-refractivity contribution in [3.63, 3.8) is 0 Å². The van der Waals surface area contributed by atoms with Crippen molar-refractivity contribution in [1.82, 2.24) is 10.6 Å². The highest BCUT2D eigenvalue weighted by Gasteiger charge is 2.24. The summed E-state index contributed by atoms with van der Waals surface area (Å²) in [6.07, 6.45) is -0.0647. The Morgan fingerprint density at radius 2 is 2.11 bits per heavy atom. The molecule has 3 N–H and O–H groups in total. The number of rotatable bonds is 3. The maximum Gasteiger partial charge on any atom is 0.237 e. The molecule has 5 nitrogen and oxygen atoms in total. The van der Waals surface area contributed by atoms with Gasteiger partial charge in [-0.2, -0.15) is 0 Å². The maximum absolute atomic E-state index is 12.9. The Morgan fingerprint density at radius 3 is 2.79 bits per heavy atom. The van der Waals surface area contributed by atoms with E-state index in [0.29, 0.717) is 13.1 Å². The first kappa shape index (κ1) is 13.4. The van der Waals surface area contributed by atoms with Gasteiger partial charge in [0.2, 0.25) is 11.8 Å². The fourth-order valence-corrected chi connectivity index (χ4v) is 1.78. The second-order valence-electron chi connectivity index (χ2n) is 4.18. The van der Waals surface area contributed by atoms with Gasteiger partial charge in [-0.05, 0) is 12.1 Å². The Kier molecular flexibility index (Phi) is 4.06. The fourth-order valence-electron chi connectivity index (χ4n) is 1.78. The Hall–Kier alpha value is -2.02. The summed E-state index contributed by atoms with van der Waals surface area (Å²) in [4.78, 5) is 23.1. The van der Waals surface area contributed by atoms with E-state index in [1.807, 2.05) is 0 Å². The molecule has 0 aromatic heterocycles. The Labute approximate surface area is 108 Å². The zero-order valence-corrected chi connectivity index (χ0v) is 10.0. The first-order valence-corrected chi connectivity index (χ1v) is 5.82. The molecule has 1 aromatic rings. The number of amides is 2. The van der Waals surface area contributed by atoms with Crippen LogP contribution in [0, 0.1) is 11.6 Å². The highest BCUT2D eigenvalue weighted by Crippen LogP contribution is 2.13. The van der Waals surface area contributed by atoms with Gasteiger partial charge in [0, 0.05) is 24.8 Å². The van der Waals surface area contributed by atoms with Crippen LogP contribution in [0.15, 0.2) is 18.2 Å². The highest BCUT2D eigenvalue weighted by molar-refractivity contribution is 5.95. The summed E-state index contributed by atoms with van der Waals surface area (Å²) in [7, 11) is 0. The fraction of sp³-hybridized carbons (Fsp3) is 0.333. The van der Waals surface area contributed by atoms with Gasteiger partial charge in [-0.3, -0.25) is 9.59 Å². The SMILES string of the molecule is O=C(C[C@H]1NCCNC1=O)Nc1ccc(F)c(F)c1. The van der Waals surface area contributed by atoms with E-state index in [1.165, 1.54) is 6.07 Å². The molecule has 1 atom stereocenters. The molecule has 19 heavy (non-hydrogen) atoms. The minimum Gasteiger partial charge on any atom is -0.353 e. The summed E-state index contributed by atoms with van der Waals surface area (Å²) in [6.45, 7) is 1.12. The number of hydrogen-bond acceptors (Lipinski definition) is 3. The smallest absolute Gasteiger partial charge is 0.237 e. The molecule has 0 radical (unpaired) electrons. The van der Waals surface area contributed by atoms with Crippen LogP contribution in [-0.4, -0.2) is 30.9 Å². The third kappa shape index (κ3) is 3.47. The predicted molar refractivity (Wildman–Crippen MR) is 64.4 cm³/mol. The molecule has 0 saturated carbocycles. The van der Waals surface area contributed by atoms with Crippen molar-refractivity contribution in [3.05, 3.63) is 29.8 Å². The van der Waals surface area contributed by atoms with Gasteiger partial charge in [-0.1, -0.05) is 0 Å². The summed E-state index contributed by atoms with van der Waals surface area (Å²) >= 11 is 0. The van der Waals surface area contributed by atoms with E-state index in [2.05, 4.69) is 16.0 Å². The number of halogens is 2. The van der Waals surface area contributed by atoms with Crippen molar-refractivity contribution >= 4 is 17.5 Å². The molecule has 1 aliphatic rings. The van der Waals surface area contributed by atoms with E-state index in [-0.39, 0.29) is 18.0 Å². The first-order chi connectivity index (χ1) is 9.06. The summed E-state index contributed by atoms with van der Waals surface area (Å²) < 4.78 is 25.7. The first-order valence-electron chi connectivity index (χ1n) is 5.82.